The van der Waals surface area contributed by atoms with Crippen LogP contribution in [0.4, 0.5) is 0 Å². The van der Waals surface area contributed by atoms with Gasteiger partial charge >= 0.3 is 0 Å². The van der Waals surface area contributed by atoms with Crippen LogP contribution in [0.25, 0.3) is 0 Å². The molecule has 0 heterocycles. The van der Waals surface area contributed by atoms with Crippen LogP contribution >= 0.6 is 0 Å². The van der Waals surface area contributed by atoms with Crippen molar-refractivity contribution in [3.63, 3.8) is 0 Å². The summed E-state index contributed by atoms with van der Waals surface area (Å²) in [6, 6.07) is 8.08. The second kappa shape index (κ2) is 6.21. The second-order valence-corrected chi connectivity index (χ2v) is 5.00. The fourth-order valence-electron chi connectivity index (χ4n) is 2.70. The molecular weight excluding hydrogens is 226 g/mol. The Bertz CT molecular complexity index is 375. The Hall–Kier alpha value is -1.06. The maximum absolute atomic E-state index is 6.28. The van der Waals surface area contributed by atoms with E-state index >= 15 is 0 Å². The molecule has 1 unspecified atom stereocenters. The monoisotopic (exact) mass is 249 g/mol. The summed E-state index contributed by atoms with van der Waals surface area (Å²) >= 11 is 0. The fourth-order valence-corrected chi connectivity index (χ4v) is 2.70. The highest BCUT2D eigenvalue weighted by atomic mass is 16.5. The molecule has 1 aliphatic carbocycles. The van der Waals surface area contributed by atoms with E-state index < -0.39 is 0 Å². The molecule has 1 atom stereocenters. The summed E-state index contributed by atoms with van der Waals surface area (Å²) in [6.07, 6.45) is 3.78. The third-order valence-electron chi connectivity index (χ3n) is 3.72. The molecule has 1 aromatic rings. The minimum atomic E-state index is 0.0636. The third-order valence-corrected chi connectivity index (χ3v) is 3.72. The molecule has 3 nitrogen and oxygen atoms in total. The standard InChI is InChI=1S/C15H23NO2/c1-3-18-12-8-11(9-12)10-14(16)13-6-4-5-7-15(13)17-2/h4-7,11-12,14H,3,8-10,16H2,1-2H3. The first kappa shape index (κ1) is 13.4. The largest absolute Gasteiger partial charge is 0.496 e. The van der Waals surface area contributed by atoms with Gasteiger partial charge in [-0.1, -0.05) is 18.2 Å². The van der Waals surface area contributed by atoms with Crippen LogP contribution < -0.4 is 10.5 Å². The Labute approximate surface area is 109 Å². The minimum Gasteiger partial charge on any atom is -0.496 e. The zero-order valence-electron chi connectivity index (χ0n) is 11.3. The quantitative estimate of drug-likeness (QED) is 0.843. The van der Waals surface area contributed by atoms with Crippen LogP contribution in [-0.2, 0) is 4.74 Å². The molecule has 0 saturated heterocycles. The summed E-state index contributed by atoms with van der Waals surface area (Å²) in [5, 5.41) is 0. The van der Waals surface area contributed by atoms with Crippen LogP contribution in [-0.4, -0.2) is 19.8 Å². The van der Waals surface area contributed by atoms with Crippen molar-refractivity contribution in [3.05, 3.63) is 29.8 Å². The van der Waals surface area contributed by atoms with E-state index in [0.717, 1.165) is 37.2 Å². The molecule has 1 aromatic carbocycles. The van der Waals surface area contributed by atoms with Gasteiger partial charge < -0.3 is 15.2 Å². The van der Waals surface area contributed by atoms with E-state index in [2.05, 4.69) is 6.07 Å². The molecule has 0 amide bonds. The van der Waals surface area contributed by atoms with Gasteiger partial charge in [-0.25, -0.2) is 0 Å². The molecule has 0 aromatic heterocycles. The minimum absolute atomic E-state index is 0.0636. The molecule has 0 bridgehead atoms. The predicted molar refractivity (Wildman–Crippen MR) is 72.7 cm³/mol. The van der Waals surface area contributed by atoms with Gasteiger partial charge in [0.2, 0.25) is 0 Å². The summed E-state index contributed by atoms with van der Waals surface area (Å²) < 4.78 is 10.9. The average molecular weight is 249 g/mol. The van der Waals surface area contributed by atoms with Gasteiger partial charge in [-0.3, -0.25) is 0 Å². The Morgan fingerprint density at radius 3 is 2.72 bits per heavy atom. The summed E-state index contributed by atoms with van der Waals surface area (Å²) in [5.74, 6) is 1.59. The molecular formula is C15H23NO2. The maximum Gasteiger partial charge on any atom is 0.123 e. The fraction of sp³-hybridized carbons (Fsp3) is 0.600. The van der Waals surface area contributed by atoms with Crippen LogP contribution in [0, 0.1) is 5.92 Å². The predicted octanol–water partition coefficient (Wildman–Crippen LogP) is 2.90. The Balaban J connectivity index is 1.87. The first-order valence-corrected chi connectivity index (χ1v) is 6.74. The lowest BCUT2D eigenvalue weighted by Crippen LogP contribution is -2.33. The van der Waals surface area contributed by atoms with Crippen molar-refractivity contribution in [1.29, 1.82) is 0 Å². The molecule has 2 rings (SSSR count). The molecule has 1 aliphatic rings. The summed E-state index contributed by atoms with van der Waals surface area (Å²) in [4.78, 5) is 0. The van der Waals surface area contributed by atoms with Gasteiger partial charge in [-0.05, 0) is 38.2 Å². The van der Waals surface area contributed by atoms with Crippen LogP contribution in [0.15, 0.2) is 24.3 Å². The van der Waals surface area contributed by atoms with E-state index in [1.807, 2.05) is 25.1 Å². The molecule has 0 radical (unpaired) electrons. The lowest BCUT2D eigenvalue weighted by Gasteiger charge is -2.36. The van der Waals surface area contributed by atoms with Gasteiger partial charge in [0, 0.05) is 18.2 Å². The number of benzene rings is 1. The van der Waals surface area contributed by atoms with Crippen LogP contribution in [0.5, 0.6) is 5.75 Å². The first-order chi connectivity index (χ1) is 8.74. The number of methoxy groups -OCH3 is 1. The highest BCUT2D eigenvalue weighted by Crippen LogP contribution is 2.37. The van der Waals surface area contributed by atoms with Gasteiger partial charge in [-0.2, -0.15) is 0 Å². The highest BCUT2D eigenvalue weighted by Gasteiger charge is 2.31. The van der Waals surface area contributed by atoms with E-state index in [4.69, 9.17) is 15.2 Å². The molecule has 0 spiro atoms. The summed E-state index contributed by atoms with van der Waals surface area (Å²) in [7, 11) is 1.69. The maximum atomic E-state index is 6.28. The van der Waals surface area contributed by atoms with Gasteiger partial charge in [0.25, 0.3) is 0 Å². The molecule has 1 fully saturated rings. The average Bonchev–Trinajstić information content (AvgIpc) is 2.36. The van der Waals surface area contributed by atoms with Crippen molar-refractivity contribution in [2.45, 2.75) is 38.3 Å². The van der Waals surface area contributed by atoms with Gasteiger partial charge in [0.05, 0.1) is 13.2 Å². The summed E-state index contributed by atoms with van der Waals surface area (Å²) in [5.41, 5.74) is 7.39. The smallest absolute Gasteiger partial charge is 0.123 e. The molecule has 2 N–H and O–H groups in total. The van der Waals surface area contributed by atoms with E-state index in [-0.39, 0.29) is 6.04 Å². The first-order valence-electron chi connectivity index (χ1n) is 6.74. The van der Waals surface area contributed by atoms with Crippen molar-refractivity contribution in [2.75, 3.05) is 13.7 Å². The molecule has 100 valence electrons. The molecule has 3 heteroatoms. The van der Waals surface area contributed by atoms with E-state index in [1.165, 1.54) is 0 Å². The van der Waals surface area contributed by atoms with Gasteiger partial charge in [-0.15, -0.1) is 0 Å². The van der Waals surface area contributed by atoms with Crippen molar-refractivity contribution in [3.8, 4) is 5.75 Å². The zero-order valence-corrected chi connectivity index (χ0v) is 11.3. The molecule has 18 heavy (non-hydrogen) atoms. The molecule has 1 saturated carbocycles. The van der Waals surface area contributed by atoms with Crippen molar-refractivity contribution < 1.29 is 9.47 Å². The van der Waals surface area contributed by atoms with E-state index in [1.54, 1.807) is 7.11 Å². The number of rotatable bonds is 6. The number of hydrogen-bond donors (Lipinski definition) is 1. The second-order valence-electron chi connectivity index (χ2n) is 5.00. The lowest BCUT2D eigenvalue weighted by atomic mass is 9.77. The topological polar surface area (TPSA) is 44.5 Å². The SMILES string of the molecule is CCOC1CC(CC(N)c2ccccc2OC)C1. The highest BCUT2D eigenvalue weighted by molar-refractivity contribution is 5.35. The normalized spacial score (nSPS) is 24.4. The van der Waals surface area contributed by atoms with E-state index in [9.17, 15) is 0 Å². The van der Waals surface area contributed by atoms with Crippen molar-refractivity contribution in [2.24, 2.45) is 11.7 Å². The Kier molecular flexibility index (Phi) is 4.61. The Morgan fingerprint density at radius 1 is 1.33 bits per heavy atom. The number of para-hydroxylation sites is 1. The van der Waals surface area contributed by atoms with E-state index in [0.29, 0.717) is 12.0 Å². The van der Waals surface area contributed by atoms with Crippen LogP contribution in [0.1, 0.15) is 37.8 Å². The van der Waals surface area contributed by atoms with Gasteiger partial charge in [0.15, 0.2) is 0 Å². The van der Waals surface area contributed by atoms with Gasteiger partial charge in [0.1, 0.15) is 5.75 Å². The summed E-state index contributed by atoms with van der Waals surface area (Å²) in [6.45, 7) is 2.86. The number of ether oxygens (including phenoxy) is 2. The zero-order chi connectivity index (χ0) is 13.0. The number of nitrogens with two attached hydrogens (primary N) is 1. The lowest BCUT2D eigenvalue weighted by molar-refractivity contribution is -0.0282. The van der Waals surface area contributed by atoms with Crippen LogP contribution in [0.2, 0.25) is 0 Å². The number of hydrogen-bond acceptors (Lipinski definition) is 3. The Morgan fingerprint density at radius 2 is 2.06 bits per heavy atom. The van der Waals surface area contributed by atoms with Crippen LogP contribution in [0.3, 0.4) is 0 Å². The third kappa shape index (κ3) is 3.03. The molecule has 0 aliphatic heterocycles. The van der Waals surface area contributed by atoms with Crippen molar-refractivity contribution >= 4 is 0 Å². The van der Waals surface area contributed by atoms with Crippen molar-refractivity contribution in [1.82, 2.24) is 0 Å².